The van der Waals surface area contributed by atoms with Crippen LogP contribution in [0.15, 0.2) is 24.3 Å². The number of carbonyl (C=O) groups excluding carboxylic acids is 3. The molecule has 0 aromatic heterocycles. The monoisotopic (exact) mass is 507 g/mol. The van der Waals surface area contributed by atoms with Crippen molar-refractivity contribution in [1.82, 2.24) is 21.3 Å². The lowest BCUT2D eigenvalue weighted by Gasteiger charge is -2.26. The Morgan fingerprint density at radius 1 is 1.06 bits per heavy atom. The molecular formula is C24H37N5O7. The van der Waals surface area contributed by atoms with Gasteiger partial charge in [0.05, 0.1) is 12.1 Å². The second kappa shape index (κ2) is 14.4. The van der Waals surface area contributed by atoms with Gasteiger partial charge in [0.2, 0.25) is 17.7 Å². The van der Waals surface area contributed by atoms with E-state index in [4.69, 9.17) is 5.73 Å². The molecule has 1 aromatic rings. The van der Waals surface area contributed by atoms with Crippen molar-refractivity contribution < 1.29 is 34.5 Å². The maximum atomic E-state index is 13.0. The molecule has 12 nitrogen and oxygen atoms in total. The number of aromatic hydroxyl groups is 1. The minimum Gasteiger partial charge on any atom is -0.508 e. The van der Waals surface area contributed by atoms with E-state index in [0.717, 1.165) is 6.42 Å². The van der Waals surface area contributed by atoms with Gasteiger partial charge in [0, 0.05) is 6.42 Å². The molecule has 1 fully saturated rings. The van der Waals surface area contributed by atoms with Crippen LogP contribution in [0.4, 0.5) is 0 Å². The van der Waals surface area contributed by atoms with Crippen LogP contribution >= 0.6 is 0 Å². The van der Waals surface area contributed by atoms with E-state index < -0.39 is 48.1 Å². The molecule has 200 valence electrons. The fraction of sp³-hybridized carbons (Fsp3) is 0.583. The number of aliphatic hydroxyl groups is 1. The van der Waals surface area contributed by atoms with Crippen LogP contribution < -0.4 is 27.0 Å². The Bertz CT molecular complexity index is 887. The Hall–Kier alpha value is -3.22. The molecule has 0 bridgehead atoms. The van der Waals surface area contributed by atoms with Crippen LogP contribution in [0.2, 0.25) is 0 Å². The third-order valence-corrected chi connectivity index (χ3v) is 6.01. The van der Waals surface area contributed by atoms with E-state index in [0.29, 0.717) is 37.9 Å². The number of carbonyl (C=O) groups is 4. The number of nitrogens with one attached hydrogen (secondary N) is 4. The quantitative estimate of drug-likeness (QED) is 0.141. The minimum absolute atomic E-state index is 0.0170. The van der Waals surface area contributed by atoms with E-state index in [1.54, 1.807) is 0 Å². The van der Waals surface area contributed by atoms with E-state index in [1.807, 2.05) is 0 Å². The van der Waals surface area contributed by atoms with Crippen molar-refractivity contribution in [3.8, 4) is 5.75 Å². The molecule has 1 heterocycles. The third kappa shape index (κ3) is 9.10. The largest absolute Gasteiger partial charge is 0.508 e. The molecule has 36 heavy (non-hydrogen) atoms. The molecule has 9 N–H and O–H groups in total. The highest BCUT2D eigenvalue weighted by atomic mass is 16.4. The third-order valence-electron chi connectivity index (χ3n) is 6.01. The molecule has 1 aromatic carbocycles. The molecule has 1 aliphatic heterocycles. The zero-order valence-electron chi connectivity index (χ0n) is 20.4. The number of amides is 3. The highest BCUT2D eigenvalue weighted by Crippen LogP contribution is 2.12. The first-order valence-electron chi connectivity index (χ1n) is 12.2. The summed E-state index contributed by atoms with van der Waals surface area (Å²) < 4.78 is 0. The average molecular weight is 508 g/mol. The van der Waals surface area contributed by atoms with Gasteiger partial charge in [-0.05, 0) is 69.8 Å². The molecule has 1 aliphatic rings. The number of nitrogens with two attached hydrogens (primary N) is 1. The summed E-state index contributed by atoms with van der Waals surface area (Å²) in [6.07, 6.45) is 1.57. The zero-order valence-corrected chi connectivity index (χ0v) is 20.4. The second-order valence-electron chi connectivity index (χ2n) is 8.99. The standard InChI is InChI=1S/C24H37N5O7/c1-14(30)20(23(34)28-19(24(35)36)13-15-7-9-16(31)10-8-15)29-22(33)18(5-2-3-11-25)27-21(32)17-6-4-12-26-17/h7-10,14,17-20,26,30-31H,2-6,11-13,25H2,1H3,(H,27,32)(H,28,34)(H,29,33)(H,35,36). The van der Waals surface area contributed by atoms with Crippen LogP contribution in [-0.4, -0.2) is 82.4 Å². The predicted octanol–water partition coefficient (Wildman–Crippen LogP) is -1.26. The summed E-state index contributed by atoms with van der Waals surface area (Å²) in [6.45, 7) is 2.43. The van der Waals surface area contributed by atoms with Crippen molar-refractivity contribution in [2.24, 2.45) is 5.73 Å². The molecular weight excluding hydrogens is 470 g/mol. The van der Waals surface area contributed by atoms with Crippen molar-refractivity contribution in [3.05, 3.63) is 29.8 Å². The Morgan fingerprint density at radius 2 is 1.75 bits per heavy atom. The molecule has 2 rings (SSSR count). The van der Waals surface area contributed by atoms with Crippen LogP contribution in [0.3, 0.4) is 0 Å². The lowest BCUT2D eigenvalue weighted by atomic mass is 10.0. The van der Waals surface area contributed by atoms with Crippen LogP contribution in [0.1, 0.15) is 44.6 Å². The molecule has 0 saturated carbocycles. The zero-order chi connectivity index (χ0) is 26.7. The van der Waals surface area contributed by atoms with Gasteiger partial charge in [-0.2, -0.15) is 0 Å². The number of carboxylic acid groups (broad SMARTS) is 1. The van der Waals surface area contributed by atoms with Gasteiger partial charge in [0.15, 0.2) is 0 Å². The second-order valence-corrected chi connectivity index (χ2v) is 8.99. The first kappa shape index (κ1) is 29.0. The Kier molecular flexibility index (Phi) is 11.6. The van der Waals surface area contributed by atoms with E-state index in [-0.39, 0.29) is 24.5 Å². The smallest absolute Gasteiger partial charge is 0.326 e. The van der Waals surface area contributed by atoms with Crippen molar-refractivity contribution in [2.45, 2.75) is 75.7 Å². The number of carboxylic acids is 1. The average Bonchev–Trinajstić information content (AvgIpc) is 3.37. The highest BCUT2D eigenvalue weighted by Gasteiger charge is 2.33. The van der Waals surface area contributed by atoms with E-state index in [1.165, 1.54) is 31.2 Å². The van der Waals surface area contributed by atoms with Gasteiger partial charge in [-0.1, -0.05) is 12.1 Å². The summed E-state index contributed by atoms with van der Waals surface area (Å²) in [6, 6.07) is 1.71. The van der Waals surface area contributed by atoms with Gasteiger partial charge in [0.1, 0.15) is 23.9 Å². The van der Waals surface area contributed by atoms with Gasteiger partial charge < -0.3 is 42.3 Å². The summed E-state index contributed by atoms with van der Waals surface area (Å²) >= 11 is 0. The summed E-state index contributed by atoms with van der Waals surface area (Å²) in [5, 5.41) is 39.8. The van der Waals surface area contributed by atoms with Gasteiger partial charge in [-0.25, -0.2) is 4.79 Å². The number of rotatable bonds is 14. The van der Waals surface area contributed by atoms with Crippen molar-refractivity contribution in [2.75, 3.05) is 13.1 Å². The normalized spacial score (nSPS) is 18.5. The molecule has 0 spiro atoms. The van der Waals surface area contributed by atoms with Crippen LogP contribution in [0.5, 0.6) is 5.75 Å². The summed E-state index contributed by atoms with van der Waals surface area (Å²) in [4.78, 5) is 50.3. The Labute approximate surface area is 210 Å². The Balaban J connectivity index is 2.08. The number of aliphatic carboxylic acids is 1. The lowest BCUT2D eigenvalue weighted by Crippen LogP contribution is -2.60. The van der Waals surface area contributed by atoms with E-state index in [2.05, 4.69) is 21.3 Å². The summed E-state index contributed by atoms with van der Waals surface area (Å²) in [5.74, 6) is -3.15. The fourth-order valence-corrected chi connectivity index (χ4v) is 3.93. The van der Waals surface area contributed by atoms with Crippen molar-refractivity contribution >= 4 is 23.7 Å². The van der Waals surface area contributed by atoms with Crippen molar-refractivity contribution in [1.29, 1.82) is 0 Å². The number of phenols is 1. The van der Waals surface area contributed by atoms with Crippen molar-refractivity contribution in [3.63, 3.8) is 0 Å². The van der Waals surface area contributed by atoms with Crippen LogP contribution in [-0.2, 0) is 25.6 Å². The Morgan fingerprint density at radius 3 is 2.31 bits per heavy atom. The first-order chi connectivity index (χ1) is 17.1. The number of hydrogen-bond donors (Lipinski definition) is 8. The number of unbranched alkanes of at least 4 members (excludes halogenated alkanes) is 1. The molecule has 12 heteroatoms. The van der Waals surface area contributed by atoms with Gasteiger partial charge >= 0.3 is 5.97 Å². The molecule has 0 aliphatic carbocycles. The fourth-order valence-electron chi connectivity index (χ4n) is 3.93. The SMILES string of the molecule is CC(O)C(NC(=O)C(CCCCN)NC(=O)C1CCCN1)C(=O)NC(Cc1ccc(O)cc1)C(=O)O. The maximum absolute atomic E-state index is 13.0. The molecule has 5 unspecified atom stereocenters. The summed E-state index contributed by atoms with van der Waals surface area (Å²) in [7, 11) is 0. The van der Waals surface area contributed by atoms with Gasteiger partial charge in [0.25, 0.3) is 0 Å². The lowest BCUT2D eigenvalue weighted by molar-refractivity contribution is -0.143. The molecule has 5 atom stereocenters. The van der Waals surface area contributed by atoms with Crippen LogP contribution in [0, 0.1) is 0 Å². The number of hydrogen-bond acceptors (Lipinski definition) is 8. The van der Waals surface area contributed by atoms with Gasteiger partial charge in [-0.15, -0.1) is 0 Å². The highest BCUT2D eigenvalue weighted by molar-refractivity contribution is 5.94. The predicted molar refractivity (Wildman–Crippen MR) is 131 cm³/mol. The number of phenolic OH excluding ortho intramolecular Hbond substituents is 1. The maximum Gasteiger partial charge on any atom is 0.326 e. The number of benzene rings is 1. The van der Waals surface area contributed by atoms with Gasteiger partial charge in [-0.3, -0.25) is 14.4 Å². The summed E-state index contributed by atoms with van der Waals surface area (Å²) in [5.41, 5.74) is 6.10. The number of aliphatic hydroxyl groups excluding tert-OH is 1. The van der Waals surface area contributed by atoms with Crippen LogP contribution in [0.25, 0.3) is 0 Å². The minimum atomic E-state index is -1.45. The first-order valence-corrected chi connectivity index (χ1v) is 12.2. The molecule has 3 amide bonds. The molecule has 1 saturated heterocycles. The topological polar surface area (TPSA) is 203 Å². The van der Waals surface area contributed by atoms with E-state index >= 15 is 0 Å². The molecule has 0 radical (unpaired) electrons. The van der Waals surface area contributed by atoms with E-state index in [9.17, 15) is 34.5 Å².